The van der Waals surface area contributed by atoms with Crippen molar-refractivity contribution in [1.82, 2.24) is 14.5 Å². The second-order valence-corrected chi connectivity index (χ2v) is 7.06. The van der Waals surface area contributed by atoms with Crippen LogP contribution in [-0.2, 0) is 6.54 Å². The highest BCUT2D eigenvalue weighted by molar-refractivity contribution is 6.16. The van der Waals surface area contributed by atoms with E-state index in [1.54, 1.807) is 36.5 Å². The summed E-state index contributed by atoms with van der Waals surface area (Å²) in [5.74, 6) is 0.304. The highest BCUT2D eigenvalue weighted by Crippen LogP contribution is 2.29. The lowest BCUT2D eigenvalue weighted by Gasteiger charge is -2.13. The van der Waals surface area contributed by atoms with E-state index in [-0.39, 0.29) is 30.6 Å². The maximum absolute atomic E-state index is 14.6. The van der Waals surface area contributed by atoms with E-state index in [0.29, 0.717) is 22.4 Å². The summed E-state index contributed by atoms with van der Waals surface area (Å²) in [7, 11) is 0. The summed E-state index contributed by atoms with van der Waals surface area (Å²) in [6.07, 6.45) is 3.63. The van der Waals surface area contributed by atoms with Crippen LogP contribution in [0.15, 0.2) is 78.0 Å². The van der Waals surface area contributed by atoms with Crippen LogP contribution in [0.1, 0.15) is 34.2 Å². The number of fused-ring (bicyclic) bond motifs is 3. The van der Waals surface area contributed by atoms with E-state index in [9.17, 15) is 9.18 Å². The van der Waals surface area contributed by atoms with Gasteiger partial charge in [0, 0.05) is 29.1 Å². The van der Waals surface area contributed by atoms with Gasteiger partial charge in [-0.1, -0.05) is 18.2 Å². The minimum absolute atomic E-state index is 0. The molecule has 0 radical (unpaired) electrons. The monoisotopic (exact) mass is 432 g/mol. The van der Waals surface area contributed by atoms with Gasteiger partial charge in [0.1, 0.15) is 17.3 Å². The number of nitrogens with zero attached hydrogens (tertiary/aromatic N) is 4. The van der Waals surface area contributed by atoms with E-state index in [4.69, 9.17) is 9.98 Å². The molecule has 154 valence electrons. The van der Waals surface area contributed by atoms with Crippen LogP contribution >= 0.6 is 12.4 Å². The summed E-state index contributed by atoms with van der Waals surface area (Å²) in [5.41, 5.74) is 4.44. The molecule has 5 nitrogen and oxygen atoms in total. The first kappa shape index (κ1) is 20.6. The Morgan fingerprint density at radius 1 is 1.00 bits per heavy atom. The first-order valence-electron chi connectivity index (χ1n) is 9.56. The molecule has 0 saturated heterocycles. The van der Waals surface area contributed by atoms with Crippen molar-refractivity contribution in [2.45, 2.75) is 13.5 Å². The van der Waals surface area contributed by atoms with Crippen molar-refractivity contribution in [3.8, 4) is 17.1 Å². The molecule has 1 aliphatic rings. The number of benzene rings is 2. The van der Waals surface area contributed by atoms with E-state index in [2.05, 4.69) is 4.98 Å². The van der Waals surface area contributed by atoms with Gasteiger partial charge in [-0.2, -0.15) is 0 Å². The normalized spacial score (nSPS) is 12.1. The standard InChI is InChI=1S/C24H17FN4O.ClH/c1-15(30)16-9-10-22-18(12-16)24(17-6-2-3-7-19(17)25)27-13-23-28-21(14-29(22)23)20-8-4-5-11-26-20;/h2-12,14H,13H2,1H3;1H. The predicted molar refractivity (Wildman–Crippen MR) is 120 cm³/mol. The molecule has 0 fully saturated rings. The van der Waals surface area contributed by atoms with Crippen LogP contribution in [0.25, 0.3) is 17.1 Å². The largest absolute Gasteiger partial charge is 0.301 e. The lowest BCUT2D eigenvalue weighted by Crippen LogP contribution is -2.10. The highest BCUT2D eigenvalue weighted by Gasteiger charge is 2.23. The fourth-order valence-electron chi connectivity index (χ4n) is 3.65. The van der Waals surface area contributed by atoms with E-state index in [1.807, 2.05) is 35.0 Å². The molecule has 0 unspecified atom stereocenters. The molecule has 0 atom stereocenters. The number of hydrogen-bond acceptors (Lipinski definition) is 4. The summed E-state index contributed by atoms with van der Waals surface area (Å²) in [5, 5.41) is 0. The number of carbonyl (C=O) groups is 1. The van der Waals surface area contributed by atoms with Gasteiger partial charge in [0.2, 0.25) is 0 Å². The van der Waals surface area contributed by atoms with Crippen LogP contribution in [0.4, 0.5) is 4.39 Å². The number of aromatic nitrogens is 3. The second kappa shape index (κ2) is 8.24. The minimum Gasteiger partial charge on any atom is -0.301 e. The van der Waals surface area contributed by atoms with Crippen LogP contribution in [0.2, 0.25) is 0 Å². The number of rotatable bonds is 3. The first-order chi connectivity index (χ1) is 14.6. The van der Waals surface area contributed by atoms with Crippen molar-refractivity contribution in [1.29, 1.82) is 0 Å². The Hall–Kier alpha value is -3.64. The summed E-state index contributed by atoms with van der Waals surface area (Å²) in [6.45, 7) is 1.79. The molecule has 0 aliphatic carbocycles. The fourth-order valence-corrected chi connectivity index (χ4v) is 3.65. The Morgan fingerprint density at radius 3 is 2.55 bits per heavy atom. The molecule has 2 aromatic carbocycles. The van der Waals surface area contributed by atoms with E-state index >= 15 is 0 Å². The van der Waals surface area contributed by atoms with Gasteiger partial charge in [0.15, 0.2) is 5.78 Å². The van der Waals surface area contributed by atoms with Gasteiger partial charge >= 0.3 is 0 Å². The molecule has 2 aromatic heterocycles. The molecule has 7 heteroatoms. The Kier molecular flexibility index (Phi) is 5.48. The quantitative estimate of drug-likeness (QED) is 0.426. The number of carbonyl (C=O) groups excluding carboxylic acids is 1. The zero-order valence-corrected chi connectivity index (χ0v) is 17.4. The van der Waals surface area contributed by atoms with Gasteiger partial charge in [0.05, 0.1) is 23.6 Å². The van der Waals surface area contributed by atoms with Crippen molar-refractivity contribution in [3.63, 3.8) is 0 Å². The van der Waals surface area contributed by atoms with Crippen molar-refractivity contribution in [2.75, 3.05) is 0 Å². The van der Waals surface area contributed by atoms with Crippen molar-refractivity contribution >= 4 is 23.9 Å². The van der Waals surface area contributed by atoms with Gasteiger partial charge in [-0.15, -0.1) is 12.4 Å². The average Bonchev–Trinajstić information content (AvgIpc) is 3.13. The Bertz CT molecular complexity index is 1310. The SMILES string of the molecule is CC(=O)c1ccc2c(c1)C(c1ccccc1F)=NCc1nc(-c3ccccn3)cn1-2.Cl. The highest BCUT2D eigenvalue weighted by atomic mass is 35.5. The van der Waals surface area contributed by atoms with Crippen molar-refractivity contribution < 1.29 is 9.18 Å². The molecule has 1 aliphatic heterocycles. The molecule has 31 heavy (non-hydrogen) atoms. The molecule has 0 spiro atoms. The Morgan fingerprint density at radius 2 is 1.81 bits per heavy atom. The molecule has 0 saturated carbocycles. The number of imidazole rings is 1. The third kappa shape index (κ3) is 3.66. The molecule has 0 amide bonds. The van der Waals surface area contributed by atoms with Gasteiger partial charge < -0.3 is 4.57 Å². The van der Waals surface area contributed by atoms with E-state index < -0.39 is 0 Å². The summed E-state index contributed by atoms with van der Waals surface area (Å²) in [4.78, 5) is 25.8. The Labute approximate surface area is 184 Å². The maximum atomic E-state index is 14.6. The molecule has 4 aromatic rings. The van der Waals surface area contributed by atoms with Gasteiger partial charge in [-0.3, -0.25) is 14.8 Å². The lowest BCUT2D eigenvalue weighted by molar-refractivity contribution is 0.101. The van der Waals surface area contributed by atoms with Crippen LogP contribution in [-0.4, -0.2) is 26.0 Å². The number of aliphatic imine (C=N–C) groups is 1. The smallest absolute Gasteiger partial charge is 0.159 e. The number of hydrogen-bond donors (Lipinski definition) is 0. The molecule has 3 heterocycles. The van der Waals surface area contributed by atoms with Crippen LogP contribution < -0.4 is 0 Å². The second-order valence-electron chi connectivity index (χ2n) is 7.06. The number of ketones is 1. The third-order valence-corrected chi connectivity index (χ3v) is 5.13. The van der Waals surface area contributed by atoms with E-state index in [0.717, 1.165) is 22.9 Å². The number of halogens is 2. The van der Waals surface area contributed by atoms with Crippen molar-refractivity contribution in [2.24, 2.45) is 4.99 Å². The van der Waals surface area contributed by atoms with Crippen molar-refractivity contribution in [3.05, 3.63) is 101 Å². The Balaban J connectivity index is 0.00000231. The third-order valence-electron chi connectivity index (χ3n) is 5.13. The zero-order chi connectivity index (χ0) is 20.7. The van der Waals surface area contributed by atoms with Gasteiger partial charge in [-0.25, -0.2) is 9.37 Å². The summed E-state index contributed by atoms with van der Waals surface area (Å²) < 4.78 is 16.6. The molecular formula is C24H18ClFN4O. The topological polar surface area (TPSA) is 60.1 Å². The number of pyridine rings is 1. The van der Waals surface area contributed by atoms with E-state index in [1.165, 1.54) is 13.0 Å². The van der Waals surface area contributed by atoms with Gasteiger partial charge in [0.25, 0.3) is 0 Å². The average molecular weight is 433 g/mol. The molecule has 5 rings (SSSR count). The molecule has 0 bridgehead atoms. The summed E-state index contributed by atoms with van der Waals surface area (Å²) in [6, 6.07) is 17.6. The molecular weight excluding hydrogens is 415 g/mol. The fraction of sp³-hybridized carbons (Fsp3) is 0.0833. The zero-order valence-electron chi connectivity index (χ0n) is 16.6. The van der Waals surface area contributed by atoms with Crippen LogP contribution in [0.5, 0.6) is 0 Å². The molecule has 0 N–H and O–H groups in total. The van der Waals surface area contributed by atoms with Crippen LogP contribution in [0, 0.1) is 5.82 Å². The van der Waals surface area contributed by atoms with Gasteiger partial charge in [-0.05, 0) is 49.4 Å². The lowest BCUT2D eigenvalue weighted by atomic mass is 9.97. The van der Waals surface area contributed by atoms with Crippen LogP contribution in [0.3, 0.4) is 0 Å². The summed E-state index contributed by atoms with van der Waals surface area (Å²) >= 11 is 0. The predicted octanol–water partition coefficient (Wildman–Crippen LogP) is 5.05. The maximum Gasteiger partial charge on any atom is 0.159 e. The minimum atomic E-state index is -0.357. The number of Topliss-reactive ketones (excluding diaryl/α,β-unsaturated/α-hetero) is 1. The first-order valence-corrected chi connectivity index (χ1v) is 9.56.